The lowest BCUT2D eigenvalue weighted by Crippen LogP contribution is -2.23. The van der Waals surface area contributed by atoms with Gasteiger partial charge >= 0.3 is 0 Å². The summed E-state index contributed by atoms with van der Waals surface area (Å²) in [6.07, 6.45) is 4.64. The number of aromatic nitrogens is 3. The van der Waals surface area contributed by atoms with Crippen molar-refractivity contribution in [2.24, 2.45) is 0 Å². The number of nitrogens with zero attached hydrogens (tertiary/aromatic N) is 3. The molecule has 2 heterocycles. The number of anilines is 1. The molecule has 2 N–H and O–H groups in total. The van der Waals surface area contributed by atoms with Crippen LogP contribution in [-0.2, 0) is 11.2 Å². The van der Waals surface area contributed by atoms with Crippen molar-refractivity contribution in [2.45, 2.75) is 26.2 Å². The van der Waals surface area contributed by atoms with Gasteiger partial charge in [-0.1, -0.05) is 16.8 Å². The smallest absolute Gasteiger partial charge is 0.252 e. The third kappa shape index (κ3) is 5.61. The molecule has 2 aromatic heterocycles. The second-order valence-corrected chi connectivity index (χ2v) is 6.62. The molecule has 3 aromatic rings. The normalized spacial score (nSPS) is 10.6. The maximum Gasteiger partial charge on any atom is 0.252 e. The number of hydrogen-bond donors (Lipinski definition) is 2. The predicted molar refractivity (Wildman–Crippen MR) is 109 cm³/mol. The number of rotatable bonds is 8. The maximum atomic E-state index is 12.2. The molecule has 0 saturated heterocycles. The van der Waals surface area contributed by atoms with Crippen LogP contribution < -0.4 is 10.6 Å². The molecule has 9 heteroatoms. The molecule has 1 aromatic carbocycles. The summed E-state index contributed by atoms with van der Waals surface area (Å²) in [6.45, 7) is 2.34. The van der Waals surface area contributed by atoms with E-state index in [1.54, 1.807) is 36.7 Å². The van der Waals surface area contributed by atoms with Gasteiger partial charge in [-0.15, -0.1) is 0 Å². The van der Waals surface area contributed by atoms with Crippen LogP contribution in [0.3, 0.4) is 0 Å². The Kier molecular flexibility index (Phi) is 6.91. The Labute approximate surface area is 172 Å². The van der Waals surface area contributed by atoms with Gasteiger partial charge < -0.3 is 15.2 Å². The van der Waals surface area contributed by atoms with E-state index in [0.29, 0.717) is 42.4 Å². The Bertz CT molecular complexity index is 991. The molecule has 0 radical (unpaired) electrons. The fourth-order valence-corrected chi connectivity index (χ4v) is 2.89. The number of benzene rings is 1. The van der Waals surface area contributed by atoms with Crippen LogP contribution >= 0.6 is 11.6 Å². The first-order chi connectivity index (χ1) is 14.1. The lowest BCUT2D eigenvalue weighted by Gasteiger charge is -2.08. The van der Waals surface area contributed by atoms with Crippen molar-refractivity contribution < 1.29 is 14.1 Å². The summed E-state index contributed by atoms with van der Waals surface area (Å²) < 4.78 is 5.21. The number of carbonyl (C=O) groups excluding carboxylic acids is 2. The molecule has 0 fully saturated rings. The molecule has 0 unspecified atom stereocenters. The molecular weight excluding hydrogens is 394 g/mol. The summed E-state index contributed by atoms with van der Waals surface area (Å²) in [5.74, 6) is 0.518. The molecule has 0 aliphatic heterocycles. The highest BCUT2D eigenvalue weighted by Gasteiger charge is 2.12. The van der Waals surface area contributed by atoms with Gasteiger partial charge in [-0.3, -0.25) is 14.6 Å². The van der Waals surface area contributed by atoms with Crippen LogP contribution in [0.4, 0.5) is 5.69 Å². The van der Waals surface area contributed by atoms with E-state index in [9.17, 15) is 9.59 Å². The molecule has 0 atom stereocenters. The van der Waals surface area contributed by atoms with Gasteiger partial charge in [0.1, 0.15) is 0 Å². The summed E-state index contributed by atoms with van der Waals surface area (Å²) in [5.41, 5.74) is 1.67. The first-order valence-corrected chi connectivity index (χ1v) is 9.55. The summed E-state index contributed by atoms with van der Waals surface area (Å²) in [4.78, 5) is 32.3. The predicted octanol–water partition coefficient (Wildman–Crippen LogP) is 3.50. The fourth-order valence-electron chi connectivity index (χ4n) is 2.63. The summed E-state index contributed by atoms with van der Waals surface area (Å²) >= 11 is 6.14. The van der Waals surface area contributed by atoms with Gasteiger partial charge in [0.2, 0.25) is 17.6 Å². The van der Waals surface area contributed by atoms with Gasteiger partial charge in [0.15, 0.2) is 0 Å². The van der Waals surface area contributed by atoms with Gasteiger partial charge in [0.05, 0.1) is 10.6 Å². The minimum absolute atomic E-state index is 0.168. The summed E-state index contributed by atoms with van der Waals surface area (Å²) in [7, 11) is 0. The SMILES string of the molecule is CCNC(=O)c1ccc(NC(=O)CCCc2nc(-c3cccnc3)no2)cc1Cl. The van der Waals surface area contributed by atoms with E-state index < -0.39 is 0 Å². The van der Waals surface area contributed by atoms with Gasteiger partial charge in [-0.05, 0) is 43.7 Å². The van der Waals surface area contributed by atoms with Gasteiger partial charge in [0.25, 0.3) is 5.91 Å². The molecule has 0 saturated carbocycles. The Hall–Kier alpha value is -3.26. The van der Waals surface area contributed by atoms with E-state index in [0.717, 1.165) is 5.56 Å². The van der Waals surface area contributed by atoms with Crippen LogP contribution in [0, 0.1) is 0 Å². The molecule has 0 spiro atoms. The van der Waals surface area contributed by atoms with E-state index in [1.165, 1.54) is 0 Å². The number of aryl methyl sites for hydroxylation is 1. The highest BCUT2D eigenvalue weighted by atomic mass is 35.5. The van der Waals surface area contributed by atoms with Crippen molar-refractivity contribution in [2.75, 3.05) is 11.9 Å². The first kappa shape index (κ1) is 20.5. The number of halogens is 1. The maximum absolute atomic E-state index is 12.2. The molecule has 0 aliphatic rings. The van der Waals surface area contributed by atoms with E-state index in [1.807, 2.05) is 13.0 Å². The number of hydrogen-bond acceptors (Lipinski definition) is 6. The van der Waals surface area contributed by atoms with E-state index in [4.69, 9.17) is 16.1 Å². The van der Waals surface area contributed by atoms with Crippen LogP contribution in [0.25, 0.3) is 11.4 Å². The van der Waals surface area contributed by atoms with Crippen LogP contribution in [0.15, 0.2) is 47.2 Å². The number of pyridine rings is 1. The highest BCUT2D eigenvalue weighted by molar-refractivity contribution is 6.34. The van der Waals surface area contributed by atoms with Gasteiger partial charge in [-0.25, -0.2) is 0 Å². The second-order valence-electron chi connectivity index (χ2n) is 6.21. The minimum atomic E-state index is -0.249. The average molecular weight is 414 g/mol. The lowest BCUT2D eigenvalue weighted by atomic mass is 10.1. The fraction of sp³-hybridized carbons (Fsp3) is 0.250. The largest absolute Gasteiger partial charge is 0.352 e. The Morgan fingerprint density at radius 1 is 1.24 bits per heavy atom. The van der Waals surface area contributed by atoms with Crippen LogP contribution in [-0.4, -0.2) is 33.5 Å². The molecule has 0 bridgehead atoms. The zero-order valence-corrected chi connectivity index (χ0v) is 16.6. The molecule has 8 nitrogen and oxygen atoms in total. The third-order valence-electron chi connectivity index (χ3n) is 4.02. The molecule has 0 aliphatic carbocycles. The number of carbonyl (C=O) groups is 2. The van der Waals surface area contributed by atoms with E-state index in [2.05, 4.69) is 25.8 Å². The molecule has 150 valence electrons. The summed E-state index contributed by atoms with van der Waals surface area (Å²) in [6, 6.07) is 8.43. The van der Waals surface area contributed by atoms with Gasteiger partial charge in [0, 0.05) is 43.0 Å². The van der Waals surface area contributed by atoms with Crippen molar-refractivity contribution in [1.82, 2.24) is 20.4 Å². The monoisotopic (exact) mass is 413 g/mol. The summed E-state index contributed by atoms with van der Waals surface area (Å²) in [5, 5.41) is 9.66. The van der Waals surface area contributed by atoms with Crippen molar-refractivity contribution in [3.05, 3.63) is 59.2 Å². The third-order valence-corrected chi connectivity index (χ3v) is 4.33. The Morgan fingerprint density at radius 3 is 2.83 bits per heavy atom. The molecule has 3 rings (SSSR count). The van der Waals surface area contributed by atoms with Crippen molar-refractivity contribution in [3.8, 4) is 11.4 Å². The lowest BCUT2D eigenvalue weighted by molar-refractivity contribution is -0.116. The van der Waals surface area contributed by atoms with E-state index in [-0.39, 0.29) is 23.3 Å². The van der Waals surface area contributed by atoms with Crippen LogP contribution in [0.1, 0.15) is 36.0 Å². The highest BCUT2D eigenvalue weighted by Crippen LogP contribution is 2.21. The first-order valence-electron chi connectivity index (χ1n) is 9.17. The Balaban J connectivity index is 1.49. The van der Waals surface area contributed by atoms with Crippen molar-refractivity contribution in [3.63, 3.8) is 0 Å². The molecule has 2 amide bonds. The number of amides is 2. The van der Waals surface area contributed by atoms with Crippen molar-refractivity contribution in [1.29, 1.82) is 0 Å². The topological polar surface area (TPSA) is 110 Å². The standard InChI is InChI=1S/C20H20ClN5O3/c1-2-23-20(28)15-9-8-14(11-16(15)21)24-17(27)6-3-7-18-25-19(26-29-18)13-5-4-10-22-12-13/h4-5,8-12H,2-3,6-7H2,1H3,(H,23,28)(H,24,27). The van der Waals surface area contributed by atoms with E-state index >= 15 is 0 Å². The quantitative estimate of drug-likeness (QED) is 0.584. The zero-order chi connectivity index (χ0) is 20.6. The molecular formula is C20H20ClN5O3. The van der Waals surface area contributed by atoms with Gasteiger partial charge in [-0.2, -0.15) is 4.98 Å². The molecule has 29 heavy (non-hydrogen) atoms. The number of nitrogens with one attached hydrogen (secondary N) is 2. The Morgan fingerprint density at radius 2 is 2.10 bits per heavy atom. The van der Waals surface area contributed by atoms with Crippen molar-refractivity contribution >= 4 is 29.1 Å². The zero-order valence-electron chi connectivity index (χ0n) is 15.8. The second kappa shape index (κ2) is 9.79. The van der Waals surface area contributed by atoms with Crippen LogP contribution in [0.2, 0.25) is 5.02 Å². The van der Waals surface area contributed by atoms with Crippen LogP contribution in [0.5, 0.6) is 0 Å². The average Bonchev–Trinajstić information content (AvgIpc) is 3.18. The minimum Gasteiger partial charge on any atom is -0.352 e.